The molecule has 2 fully saturated rings. The monoisotopic (exact) mass is 259 g/mol. The minimum atomic E-state index is 0.605. The third-order valence-corrected chi connectivity index (χ3v) is 4.61. The van der Waals surface area contributed by atoms with Crippen molar-refractivity contribution in [3.05, 3.63) is 23.9 Å². The van der Waals surface area contributed by atoms with Crippen LogP contribution in [-0.2, 0) is 0 Å². The fraction of sp³-hybridized carbons (Fsp3) is 0.688. The molecule has 1 unspecified atom stereocenters. The molecule has 2 saturated heterocycles. The van der Waals surface area contributed by atoms with E-state index in [9.17, 15) is 0 Å². The maximum atomic E-state index is 4.71. The summed E-state index contributed by atoms with van der Waals surface area (Å²) in [6.45, 7) is 7.01. The van der Waals surface area contributed by atoms with Crippen LogP contribution in [-0.4, -0.2) is 36.1 Å². The van der Waals surface area contributed by atoms with Gasteiger partial charge in [-0.2, -0.15) is 0 Å². The van der Waals surface area contributed by atoms with E-state index in [0.29, 0.717) is 6.04 Å². The van der Waals surface area contributed by atoms with Crippen molar-refractivity contribution in [1.82, 2.24) is 9.88 Å². The lowest BCUT2D eigenvalue weighted by molar-refractivity contribution is 0.271. The molecule has 3 nitrogen and oxygen atoms in total. The maximum Gasteiger partial charge on any atom is 0.128 e. The van der Waals surface area contributed by atoms with E-state index < -0.39 is 0 Å². The number of aromatic nitrogens is 1. The molecule has 1 atom stereocenters. The second-order valence-corrected chi connectivity index (χ2v) is 5.78. The number of hydrogen-bond donors (Lipinski definition) is 0. The molecular weight excluding hydrogens is 234 g/mol. The number of anilines is 1. The molecule has 3 rings (SSSR count). The summed E-state index contributed by atoms with van der Waals surface area (Å²) in [5, 5.41) is 0. The van der Waals surface area contributed by atoms with Gasteiger partial charge in [-0.1, -0.05) is 13.0 Å². The fourth-order valence-electron chi connectivity index (χ4n) is 3.49. The van der Waals surface area contributed by atoms with E-state index >= 15 is 0 Å². The average molecular weight is 259 g/mol. The van der Waals surface area contributed by atoms with Gasteiger partial charge in [0.05, 0.1) is 0 Å². The zero-order valence-electron chi connectivity index (χ0n) is 12.0. The van der Waals surface area contributed by atoms with E-state index in [2.05, 4.69) is 35.1 Å². The van der Waals surface area contributed by atoms with Crippen molar-refractivity contribution in [2.45, 2.75) is 45.1 Å². The Morgan fingerprint density at radius 2 is 1.95 bits per heavy atom. The Labute approximate surface area is 116 Å². The average Bonchev–Trinajstić information content (AvgIpc) is 2.97. The zero-order chi connectivity index (χ0) is 13.1. The number of hydrogen-bond acceptors (Lipinski definition) is 3. The summed E-state index contributed by atoms with van der Waals surface area (Å²) in [4.78, 5) is 9.71. The van der Waals surface area contributed by atoms with E-state index in [-0.39, 0.29) is 0 Å². The van der Waals surface area contributed by atoms with Crippen LogP contribution in [0.25, 0.3) is 0 Å². The van der Waals surface area contributed by atoms with Crippen LogP contribution in [0, 0.1) is 0 Å². The van der Waals surface area contributed by atoms with Crippen LogP contribution in [0.2, 0.25) is 0 Å². The first-order chi connectivity index (χ1) is 9.38. The van der Waals surface area contributed by atoms with Gasteiger partial charge < -0.3 is 4.90 Å². The molecule has 1 aromatic rings. The van der Waals surface area contributed by atoms with Gasteiger partial charge in [0.2, 0.25) is 0 Å². The van der Waals surface area contributed by atoms with Crippen LogP contribution in [0.4, 0.5) is 5.82 Å². The predicted molar refractivity (Wildman–Crippen MR) is 79.5 cm³/mol. The molecule has 0 aliphatic carbocycles. The lowest BCUT2D eigenvalue weighted by Gasteiger charge is -2.28. The molecule has 3 heterocycles. The molecule has 2 aliphatic heterocycles. The van der Waals surface area contributed by atoms with Crippen LogP contribution in [0.1, 0.15) is 50.6 Å². The summed E-state index contributed by atoms with van der Waals surface area (Å²) >= 11 is 0. The molecule has 0 aromatic carbocycles. The Bertz CT molecular complexity index is 395. The summed E-state index contributed by atoms with van der Waals surface area (Å²) in [5.41, 5.74) is 1.40. The largest absolute Gasteiger partial charge is 0.357 e. The summed E-state index contributed by atoms with van der Waals surface area (Å²) in [6.07, 6.45) is 8.74. The Hall–Kier alpha value is -1.09. The smallest absolute Gasteiger partial charge is 0.128 e. The van der Waals surface area contributed by atoms with Crippen LogP contribution in [0.3, 0.4) is 0 Å². The molecule has 0 spiro atoms. The molecule has 104 valence electrons. The number of pyridine rings is 1. The number of likely N-dealkylation sites (tertiary alicyclic amines) is 1. The molecule has 2 aliphatic rings. The highest BCUT2D eigenvalue weighted by Gasteiger charge is 2.24. The van der Waals surface area contributed by atoms with Crippen molar-refractivity contribution in [2.75, 3.05) is 31.1 Å². The molecule has 0 radical (unpaired) electrons. The SMILES string of the molecule is CCN1CCCC1c1ccc(N2CCCCC2)nc1. The normalized spacial score (nSPS) is 24.9. The van der Waals surface area contributed by atoms with Gasteiger partial charge in [-0.25, -0.2) is 4.98 Å². The van der Waals surface area contributed by atoms with Crippen molar-refractivity contribution in [1.29, 1.82) is 0 Å². The van der Waals surface area contributed by atoms with Crippen molar-refractivity contribution in [3.63, 3.8) is 0 Å². The van der Waals surface area contributed by atoms with Gasteiger partial charge in [0, 0.05) is 25.3 Å². The molecule has 0 amide bonds. The molecule has 0 bridgehead atoms. The fourth-order valence-corrected chi connectivity index (χ4v) is 3.49. The van der Waals surface area contributed by atoms with Crippen LogP contribution < -0.4 is 4.90 Å². The Balaban J connectivity index is 1.71. The first kappa shape index (κ1) is 12.9. The summed E-state index contributed by atoms with van der Waals surface area (Å²) in [7, 11) is 0. The third-order valence-electron chi connectivity index (χ3n) is 4.61. The minimum Gasteiger partial charge on any atom is -0.357 e. The van der Waals surface area contributed by atoms with E-state index in [1.165, 1.54) is 63.1 Å². The van der Waals surface area contributed by atoms with Gasteiger partial charge in [-0.3, -0.25) is 4.90 Å². The van der Waals surface area contributed by atoms with E-state index in [0.717, 1.165) is 6.54 Å². The van der Waals surface area contributed by atoms with Gasteiger partial charge in [0.1, 0.15) is 5.82 Å². The molecule has 0 saturated carbocycles. The van der Waals surface area contributed by atoms with Gasteiger partial charge in [0.15, 0.2) is 0 Å². The third kappa shape index (κ3) is 2.76. The summed E-state index contributed by atoms with van der Waals surface area (Å²) < 4.78 is 0. The minimum absolute atomic E-state index is 0.605. The van der Waals surface area contributed by atoms with Crippen molar-refractivity contribution in [3.8, 4) is 0 Å². The number of piperidine rings is 1. The van der Waals surface area contributed by atoms with Gasteiger partial charge in [0.25, 0.3) is 0 Å². The lowest BCUT2D eigenvalue weighted by atomic mass is 10.1. The van der Waals surface area contributed by atoms with Gasteiger partial charge in [-0.05, 0) is 56.8 Å². The van der Waals surface area contributed by atoms with Crippen LogP contribution in [0.15, 0.2) is 18.3 Å². The standard InChI is InChI=1S/C16H25N3/c1-2-18-12-6-7-15(18)14-8-9-16(17-13-14)19-10-4-3-5-11-19/h8-9,13,15H,2-7,10-12H2,1H3. The first-order valence-electron chi connectivity index (χ1n) is 7.83. The summed E-state index contributed by atoms with van der Waals surface area (Å²) in [5.74, 6) is 1.17. The second-order valence-electron chi connectivity index (χ2n) is 5.78. The molecule has 0 N–H and O–H groups in total. The second kappa shape index (κ2) is 5.91. The lowest BCUT2D eigenvalue weighted by Crippen LogP contribution is -2.30. The molecule has 3 heteroatoms. The van der Waals surface area contributed by atoms with Gasteiger partial charge in [-0.15, -0.1) is 0 Å². The van der Waals surface area contributed by atoms with Gasteiger partial charge >= 0.3 is 0 Å². The van der Waals surface area contributed by atoms with E-state index in [1.54, 1.807) is 0 Å². The van der Waals surface area contributed by atoms with Crippen LogP contribution in [0.5, 0.6) is 0 Å². The van der Waals surface area contributed by atoms with Crippen molar-refractivity contribution < 1.29 is 0 Å². The van der Waals surface area contributed by atoms with E-state index in [1.807, 2.05) is 0 Å². The zero-order valence-corrected chi connectivity index (χ0v) is 12.0. The Morgan fingerprint density at radius 3 is 2.63 bits per heavy atom. The van der Waals surface area contributed by atoms with Crippen molar-refractivity contribution in [2.24, 2.45) is 0 Å². The predicted octanol–water partition coefficient (Wildman–Crippen LogP) is 3.23. The topological polar surface area (TPSA) is 19.4 Å². The number of nitrogens with zero attached hydrogens (tertiary/aromatic N) is 3. The highest BCUT2D eigenvalue weighted by molar-refractivity contribution is 5.40. The molecule has 19 heavy (non-hydrogen) atoms. The molecular formula is C16H25N3. The quantitative estimate of drug-likeness (QED) is 0.831. The van der Waals surface area contributed by atoms with Crippen LogP contribution >= 0.6 is 0 Å². The maximum absolute atomic E-state index is 4.71. The van der Waals surface area contributed by atoms with Crippen molar-refractivity contribution >= 4 is 5.82 Å². The summed E-state index contributed by atoms with van der Waals surface area (Å²) in [6, 6.07) is 5.13. The first-order valence-corrected chi connectivity index (χ1v) is 7.83. The molecule has 1 aromatic heterocycles. The van der Waals surface area contributed by atoms with E-state index in [4.69, 9.17) is 4.98 Å². The highest BCUT2D eigenvalue weighted by atomic mass is 15.2. The Morgan fingerprint density at radius 1 is 1.11 bits per heavy atom. The highest BCUT2D eigenvalue weighted by Crippen LogP contribution is 2.31. The Kier molecular flexibility index (Phi) is 4.02. The number of rotatable bonds is 3.